The number of amides is 1. The van der Waals surface area contributed by atoms with Crippen molar-refractivity contribution in [1.29, 1.82) is 0 Å². The fraction of sp³-hybridized carbons (Fsp3) is 0.267. The minimum Gasteiger partial charge on any atom is -0.469 e. The number of nitrogens with zero attached hydrogens (tertiary/aromatic N) is 1. The number of hydrogen-bond donors (Lipinski definition) is 1. The second-order valence-corrected chi connectivity index (χ2v) is 6.40. The van der Waals surface area contributed by atoms with E-state index in [0.717, 1.165) is 10.0 Å². The zero-order valence-corrected chi connectivity index (χ0v) is 14.5. The molecule has 0 saturated carbocycles. The van der Waals surface area contributed by atoms with E-state index in [-0.39, 0.29) is 18.3 Å². The Morgan fingerprint density at radius 2 is 2.05 bits per heavy atom. The van der Waals surface area contributed by atoms with Crippen molar-refractivity contribution in [3.63, 3.8) is 0 Å². The van der Waals surface area contributed by atoms with Crippen LogP contribution in [-0.4, -0.2) is 24.0 Å². The van der Waals surface area contributed by atoms with Crippen molar-refractivity contribution < 1.29 is 14.3 Å². The summed E-state index contributed by atoms with van der Waals surface area (Å²) < 4.78 is 5.64. The number of hydrogen-bond acceptors (Lipinski definition) is 5. The largest absolute Gasteiger partial charge is 0.469 e. The number of benzene rings is 1. The van der Waals surface area contributed by atoms with Crippen LogP contribution in [0, 0.1) is 6.92 Å². The van der Waals surface area contributed by atoms with E-state index in [1.807, 2.05) is 24.3 Å². The van der Waals surface area contributed by atoms with E-state index in [9.17, 15) is 9.59 Å². The van der Waals surface area contributed by atoms with Gasteiger partial charge in [0.2, 0.25) is 0 Å². The molecule has 0 aliphatic rings. The number of thiazole rings is 1. The van der Waals surface area contributed by atoms with Crippen molar-refractivity contribution in [3.8, 4) is 0 Å². The van der Waals surface area contributed by atoms with Crippen molar-refractivity contribution in [1.82, 2.24) is 10.3 Å². The van der Waals surface area contributed by atoms with E-state index in [2.05, 4.69) is 26.2 Å². The van der Waals surface area contributed by atoms with Gasteiger partial charge in [0.25, 0.3) is 5.91 Å². The monoisotopic (exact) mass is 382 g/mol. The van der Waals surface area contributed by atoms with Crippen LogP contribution >= 0.6 is 27.3 Å². The van der Waals surface area contributed by atoms with E-state index < -0.39 is 6.04 Å². The van der Waals surface area contributed by atoms with Gasteiger partial charge in [-0.1, -0.05) is 28.1 Å². The van der Waals surface area contributed by atoms with Crippen LogP contribution in [0.4, 0.5) is 0 Å². The van der Waals surface area contributed by atoms with Crippen molar-refractivity contribution in [2.75, 3.05) is 7.11 Å². The standard InChI is InChI=1S/C15H15BrN2O3S/c1-9-14(22-8-17-9)15(20)18-12(7-13(19)21-2)10-3-5-11(16)6-4-10/h3-6,8,12H,7H2,1-2H3,(H,18,20)/t12-/m1/s1. The van der Waals surface area contributed by atoms with Crippen molar-refractivity contribution in [2.45, 2.75) is 19.4 Å². The van der Waals surface area contributed by atoms with Gasteiger partial charge in [0.1, 0.15) is 4.88 Å². The van der Waals surface area contributed by atoms with Crippen LogP contribution in [0.25, 0.3) is 0 Å². The summed E-state index contributed by atoms with van der Waals surface area (Å²) in [6, 6.07) is 7.00. The van der Waals surface area contributed by atoms with Crippen LogP contribution in [0.3, 0.4) is 0 Å². The normalized spacial score (nSPS) is 11.8. The summed E-state index contributed by atoms with van der Waals surface area (Å²) in [5.74, 6) is -0.619. The summed E-state index contributed by atoms with van der Waals surface area (Å²) in [5, 5.41) is 2.88. The predicted molar refractivity (Wildman–Crippen MR) is 87.8 cm³/mol. The number of rotatable bonds is 5. The van der Waals surface area contributed by atoms with Crippen molar-refractivity contribution in [3.05, 3.63) is 50.4 Å². The molecule has 1 heterocycles. The Balaban J connectivity index is 2.21. The fourth-order valence-electron chi connectivity index (χ4n) is 1.94. The molecule has 7 heteroatoms. The minimum absolute atomic E-state index is 0.0712. The average molecular weight is 383 g/mol. The lowest BCUT2D eigenvalue weighted by Crippen LogP contribution is -2.30. The molecule has 0 saturated heterocycles. The van der Waals surface area contributed by atoms with E-state index >= 15 is 0 Å². The molecule has 2 aromatic rings. The molecule has 0 unspecified atom stereocenters. The first kappa shape index (κ1) is 16.6. The van der Waals surface area contributed by atoms with Gasteiger partial charge in [0.05, 0.1) is 30.8 Å². The Morgan fingerprint density at radius 3 is 2.59 bits per heavy atom. The van der Waals surface area contributed by atoms with Gasteiger partial charge in [-0.3, -0.25) is 9.59 Å². The first-order chi connectivity index (χ1) is 10.5. The highest BCUT2D eigenvalue weighted by molar-refractivity contribution is 9.10. The fourth-order valence-corrected chi connectivity index (χ4v) is 2.91. The van der Waals surface area contributed by atoms with Crippen LogP contribution < -0.4 is 5.32 Å². The third kappa shape index (κ3) is 4.14. The first-order valence-electron chi connectivity index (χ1n) is 6.54. The minimum atomic E-state index is -0.449. The third-order valence-corrected chi connectivity index (χ3v) is 4.58. The molecule has 22 heavy (non-hydrogen) atoms. The molecule has 0 spiro atoms. The maximum atomic E-state index is 12.3. The molecule has 116 valence electrons. The van der Waals surface area contributed by atoms with Crippen LogP contribution in [0.15, 0.2) is 34.2 Å². The zero-order chi connectivity index (χ0) is 16.1. The molecule has 1 aromatic heterocycles. The van der Waals surface area contributed by atoms with Gasteiger partial charge in [-0.25, -0.2) is 4.98 Å². The second-order valence-electron chi connectivity index (χ2n) is 4.62. The van der Waals surface area contributed by atoms with E-state index in [4.69, 9.17) is 4.74 Å². The van der Waals surface area contributed by atoms with Gasteiger partial charge in [-0.05, 0) is 24.6 Å². The smallest absolute Gasteiger partial charge is 0.307 e. The van der Waals surface area contributed by atoms with Gasteiger partial charge in [-0.2, -0.15) is 0 Å². The molecule has 1 N–H and O–H groups in total. The van der Waals surface area contributed by atoms with E-state index in [1.54, 1.807) is 12.4 Å². The van der Waals surface area contributed by atoms with Gasteiger partial charge < -0.3 is 10.1 Å². The maximum Gasteiger partial charge on any atom is 0.307 e. The number of esters is 1. The first-order valence-corrected chi connectivity index (χ1v) is 8.21. The molecule has 0 fully saturated rings. The number of aromatic nitrogens is 1. The van der Waals surface area contributed by atoms with Crippen LogP contribution in [-0.2, 0) is 9.53 Å². The van der Waals surface area contributed by atoms with Gasteiger partial charge in [0.15, 0.2) is 0 Å². The Bertz CT molecular complexity index is 670. The number of halogens is 1. The summed E-state index contributed by atoms with van der Waals surface area (Å²) in [6.45, 7) is 1.78. The lowest BCUT2D eigenvalue weighted by molar-refractivity contribution is -0.141. The molecule has 0 radical (unpaired) electrons. The molecule has 0 aliphatic heterocycles. The quantitative estimate of drug-likeness (QED) is 0.805. The Morgan fingerprint density at radius 1 is 1.36 bits per heavy atom. The van der Waals surface area contributed by atoms with Crippen LogP contribution in [0.1, 0.15) is 33.4 Å². The molecule has 1 aromatic carbocycles. The summed E-state index contributed by atoms with van der Waals surface area (Å²) in [6.07, 6.45) is 0.0712. The SMILES string of the molecule is COC(=O)C[C@@H](NC(=O)c1scnc1C)c1ccc(Br)cc1. The van der Waals surface area contributed by atoms with Gasteiger partial charge in [0, 0.05) is 4.47 Å². The predicted octanol–water partition coefficient (Wildman–Crippen LogP) is 3.25. The number of carbonyl (C=O) groups excluding carboxylic acids is 2. The molecule has 1 atom stereocenters. The van der Waals surface area contributed by atoms with Crippen LogP contribution in [0.2, 0.25) is 0 Å². The number of ether oxygens (including phenoxy) is 1. The summed E-state index contributed by atoms with van der Waals surface area (Å²) in [5.41, 5.74) is 3.14. The lowest BCUT2D eigenvalue weighted by atomic mass is 10.0. The second kappa shape index (κ2) is 7.51. The highest BCUT2D eigenvalue weighted by Gasteiger charge is 2.21. The maximum absolute atomic E-state index is 12.3. The number of nitrogens with one attached hydrogen (secondary N) is 1. The molecule has 5 nitrogen and oxygen atoms in total. The van der Waals surface area contributed by atoms with E-state index in [1.165, 1.54) is 18.4 Å². The van der Waals surface area contributed by atoms with E-state index in [0.29, 0.717) is 10.6 Å². The highest BCUT2D eigenvalue weighted by Crippen LogP contribution is 2.22. The molecule has 1 amide bonds. The topological polar surface area (TPSA) is 68.3 Å². The van der Waals surface area contributed by atoms with Gasteiger partial charge >= 0.3 is 5.97 Å². The Labute approximate surface area is 140 Å². The number of carbonyl (C=O) groups is 2. The third-order valence-electron chi connectivity index (χ3n) is 3.13. The van der Waals surface area contributed by atoms with Crippen molar-refractivity contribution in [2.24, 2.45) is 0 Å². The molecule has 0 bridgehead atoms. The molecule has 2 rings (SSSR count). The molecular formula is C15H15BrN2O3S. The Kier molecular flexibility index (Phi) is 5.68. The number of methoxy groups -OCH3 is 1. The number of aryl methyl sites for hydroxylation is 1. The molecule has 0 aliphatic carbocycles. The van der Waals surface area contributed by atoms with Crippen molar-refractivity contribution >= 4 is 39.1 Å². The highest BCUT2D eigenvalue weighted by atomic mass is 79.9. The lowest BCUT2D eigenvalue weighted by Gasteiger charge is -2.18. The average Bonchev–Trinajstić information content (AvgIpc) is 2.93. The Hall–Kier alpha value is -1.73. The molecular weight excluding hydrogens is 368 g/mol. The zero-order valence-electron chi connectivity index (χ0n) is 12.1. The summed E-state index contributed by atoms with van der Waals surface area (Å²) >= 11 is 4.64. The van der Waals surface area contributed by atoms with Crippen LogP contribution in [0.5, 0.6) is 0 Å². The summed E-state index contributed by atoms with van der Waals surface area (Å²) in [4.78, 5) is 28.6. The summed E-state index contributed by atoms with van der Waals surface area (Å²) in [7, 11) is 1.33. The van der Waals surface area contributed by atoms with Gasteiger partial charge in [-0.15, -0.1) is 11.3 Å².